The van der Waals surface area contributed by atoms with Crippen LogP contribution in [-0.4, -0.2) is 11.2 Å². The third-order valence-corrected chi connectivity index (χ3v) is 3.69. The van der Waals surface area contributed by atoms with E-state index in [9.17, 15) is 5.11 Å². The molecule has 114 valence electrons. The van der Waals surface area contributed by atoms with E-state index in [0.717, 1.165) is 12.8 Å². The van der Waals surface area contributed by atoms with Gasteiger partial charge >= 0.3 is 0 Å². The van der Waals surface area contributed by atoms with Gasteiger partial charge in [-0.05, 0) is 25.7 Å². The second kappa shape index (κ2) is 15.8. The molecule has 1 nitrogen and oxygen atoms in total. The molecule has 0 amide bonds. The van der Waals surface area contributed by atoms with Crippen molar-refractivity contribution in [3.63, 3.8) is 0 Å². The Morgan fingerprint density at radius 1 is 0.737 bits per heavy atom. The molecule has 1 heteroatoms. The Hall–Kier alpha value is -0.300. The summed E-state index contributed by atoms with van der Waals surface area (Å²) in [5.41, 5.74) is 0. The number of aliphatic hydroxyl groups is 1. The Bertz CT molecular complexity index is 186. The minimum atomic E-state index is -0.113. The maximum atomic E-state index is 9.83. The lowest BCUT2D eigenvalue weighted by atomic mass is 10.1. The molecule has 0 aromatic carbocycles. The van der Waals surface area contributed by atoms with Gasteiger partial charge in [0.05, 0.1) is 6.10 Å². The van der Waals surface area contributed by atoms with Crippen LogP contribution in [-0.2, 0) is 0 Å². The zero-order valence-electron chi connectivity index (χ0n) is 13.4. The van der Waals surface area contributed by atoms with Crippen molar-refractivity contribution in [3.05, 3.63) is 12.2 Å². The van der Waals surface area contributed by atoms with Gasteiger partial charge in [-0.15, -0.1) is 0 Å². The van der Waals surface area contributed by atoms with Crippen molar-refractivity contribution in [3.8, 4) is 0 Å². The van der Waals surface area contributed by atoms with E-state index >= 15 is 0 Å². The van der Waals surface area contributed by atoms with Gasteiger partial charge in [-0.25, -0.2) is 0 Å². The number of rotatable bonds is 14. The zero-order valence-corrected chi connectivity index (χ0v) is 13.4. The molecule has 0 aromatic rings. The summed E-state index contributed by atoms with van der Waals surface area (Å²) in [4.78, 5) is 0. The summed E-state index contributed by atoms with van der Waals surface area (Å²) in [5.74, 6) is 0. The van der Waals surface area contributed by atoms with E-state index in [1.807, 2.05) is 0 Å². The summed E-state index contributed by atoms with van der Waals surface area (Å²) in [7, 11) is 0. The molecule has 0 aliphatic carbocycles. The minimum Gasteiger partial charge on any atom is -0.393 e. The predicted molar refractivity (Wildman–Crippen MR) is 86.5 cm³/mol. The Balaban J connectivity index is 3.24. The molecule has 1 atom stereocenters. The first-order valence-electron chi connectivity index (χ1n) is 8.64. The highest BCUT2D eigenvalue weighted by Crippen LogP contribution is 2.10. The average Bonchev–Trinajstić information content (AvgIpc) is 2.41. The first kappa shape index (κ1) is 18.7. The fourth-order valence-corrected chi connectivity index (χ4v) is 2.34. The van der Waals surface area contributed by atoms with Gasteiger partial charge < -0.3 is 5.11 Å². The highest BCUT2D eigenvalue weighted by atomic mass is 16.3. The SMILES string of the molecule is CCCCCCC/C=C\CC(O)CCCCCCC. The van der Waals surface area contributed by atoms with Crippen molar-refractivity contribution >= 4 is 0 Å². The van der Waals surface area contributed by atoms with Crippen LogP contribution in [0.2, 0.25) is 0 Å². The van der Waals surface area contributed by atoms with Crippen molar-refractivity contribution in [1.82, 2.24) is 0 Å². The molecular weight excluding hydrogens is 232 g/mol. The third kappa shape index (κ3) is 15.6. The first-order chi connectivity index (χ1) is 9.31. The fourth-order valence-electron chi connectivity index (χ4n) is 2.34. The number of hydrogen-bond donors (Lipinski definition) is 1. The summed E-state index contributed by atoms with van der Waals surface area (Å²) >= 11 is 0. The van der Waals surface area contributed by atoms with Crippen LogP contribution in [0.15, 0.2) is 12.2 Å². The van der Waals surface area contributed by atoms with Crippen molar-refractivity contribution in [2.75, 3.05) is 0 Å². The Kier molecular flexibility index (Phi) is 15.5. The molecule has 0 fully saturated rings. The Morgan fingerprint density at radius 2 is 1.32 bits per heavy atom. The maximum Gasteiger partial charge on any atom is 0.0574 e. The second-order valence-electron chi connectivity index (χ2n) is 5.77. The van der Waals surface area contributed by atoms with Gasteiger partial charge in [0.25, 0.3) is 0 Å². The molecule has 1 N–H and O–H groups in total. The van der Waals surface area contributed by atoms with Crippen LogP contribution in [0.25, 0.3) is 0 Å². The second-order valence-corrected chi connectivity index (χ2v) is 5.77. The Morgan fingerprint density at radius 3 is 1.95 bits per heavy atom. The number of allylic oxidation sites excluding steroid dienone is 1. The zero-order chi connectivity index (χ0) is 14.2. The summed E-state index contributed by atoms with van der Waals surface area (Å²) in [5, 5.41) is 9.83. The van der Waals surface area contributed by atoms with E-state index in [4.69, 9.17) is 0 Å². The fraction of sp³-hybridized carbons (Fsp3) is 0.889. The molecule has 0 aromatic heterocycles. The van der Waals surface area contributed by atoms with Crippen molar-refractivity contribution in [1.29, 1.82) is 0 Å². The topological polar surface area (TPSA) is 20.2 Å². The monoisotopic (exact) mass is 268 g/mol. The lowest BCUT2D eigenvalue weighted by Gasteiger charge is -2.07. The van der Waals surface area contributed by atoms with Gasteiger partial charge in [0.2, 0.25) is 0 Å². The molecule has 0 bridgehead atoms. The van der Waals surface area contributed by atoms with Crippen LogP contribution >= 0.6 is 0 Å². The number of unbranched alkanes of at least 4 members (excludes halogenated alkanes) is 9. The summed E-state index contributed by atoms with van der Waals surface area (Å²) in [6.45, 7) is 4.49. The Labute approximate surface area is 121 Å². The molecular formula is C18H36O. The summed E-state index contributed by atoms with van der Waals surface area (Å²) in [6, 6.07) is 0. The van der Waals surface area contributed by atoms with Crippen LogP contribution < -0.4 is 0 Å². The van der Waals surface area contributed by atoms with Crippen LogP contribution in [0, 0.1) is 0 Å². The van der Waals surface area contributed by atoms with Gasteiger partial charge in [-0.3, -0.25) is 0 Å². The van der Waals surface area contributed by atoms with Crippen LogP contribution in [0.1, 0.15) is 97.3 Å². The molecule has 0 saturated carbocycles. The number of aliphatic hydroxyl groups excluding tert-OH is 1. The molecule has 0 rings (SSSR count). The molecule has 0 aliphatic heterocycles. The van der Waals surface area contributed by atoms with Gasteiger partial charge in [0.15, 0.2) is 0 Å². The van der Waals surface area contributed by atoms with Crippen molar-refractivity contribution < 1.29 is 5.11 Å². The molecule has 0 heterocycles. The average molecular weight is 268 g/mol. The van der Waals surface area contributed by atoms with E-state index in [2.05, 4.69) is 26.0 Å². The van der Waals surface area contributed by atoms with Gasteiger partial charge in [0, 0.05) is 0 Å². The molecule has 0 spiro atoms. The van der Waals surface area contributed by atoms with Crippen LogP contribution in [0.4, 0.5) is 0 Å². The van der Waals surface area contributed by atoms with E-state index in [0.29, 0.717) is 0 Å². The van der Waals surface area contributed by atoms with E-state index < -0.39 is 0 Å². The third-order valence-electron chi connectivity index (χ3n) is 3.69. The highest BCUT2D eigenvalue weighted by Gasteiger charge is 2.00. The predicted octanol–water partition coefficient (Wildman–Crippen LogP) is 6.01. The quantitative estimate of drug-likeness (QED) is 0.302. The molecule has 1 unspecified atom stereocenters. The van der Waals surface area contributed by atoms with Gasteiger partial charge in [0.1, 0.15) is 0 Å². The molecule has 19 heavy (non-hydrogen) atoms. The summed E-state index contributed by atoms with van der Waals surface area (Å²) in [6.07, 6.45) is 20.5. The number of hydrogen-bond acceptors (Lipinski definition) is 1. The molecule has 0 saturated heterocycles. The lowest BCUT2D eigenvalue weighted by Crippen LogP contribution is -2.04. The normalized spacial score (nSPS) is 13.2. The standard InChI is InChI=1S/C18H36O/c1-3-5-7-9-10-11-13-15-17-18(19)16-14-12-8-6-4-2/h13,15,18-19H,3-12,14,16-17H2,1-2H3/b15-13-. The van der Waals surface area contributed by atoms with Gasteiger partial charge in [-0.1, -0.05) is 83.8 Å². The first-order valence-corrected chi connectivity index (χ1v) is 8.64. The van der Waals surface area contributed by atoms with Crippen molar-refractivity contribution in [2.24, 2.45) is 0 Å². The molecule has 0 radical (unpaired) electrons. The maximum absolute atomic E-state index is 9.83. The van der Waals surface area contributed by atoms with Crippen LogP contribution in [0.5, 0.6) is 0 Å². The smallest absolute Gasteiger partial charge is 0.0574 e. The lowest BCUT2D eigenvalue weighted by molar-refractivity contribution is 0.163. The highest BCUT2D eigenvalue weighted by molar-refractivity contribution is 4.83. The van der Waals surface area contributed by atoms with E-state index in [1.54, 1.807) is 0 Å². The van der Waals surface area contributed by atoms with E-state index in [-0.39, 0.29) is 6.10 Å². The van der Waals surface area contributed by atoms with Crippen LogP contribution in [0.3, 0.4) is 0 Å². The van der Waals surface area contributed by atoms with E-state index in [1.165, 1.54) is 70.6 Å². The molecule has 0 aliphatic rings. The van der Waals surface area contributed by atoms with Gasteiger partial charge in [-0.2, -0.15) is 0 Å². The summed E-state index contributed by atoms with van der Waals surface area (Å²) < 4.78 is 0. The largest absolute Gasteiger partial charge is 0.393 e. The van der Waals surface area contributed by atoms with Crippen molar-refractivity contribution in [2.45, 2.75) is 103 Å². The minimum absolute atomic E-state index is 0.113.